The fraction of sp³-hybridized carbons (Fsp3) is 0.0714. The summed E-state index contributed by atoms with van der Waals surface area (Å²) in [6.07, 6.45) is 1.68. The van der Waals surface area contributed by atoms with E-state index in [0.29, 0.717) is 17.0 Å². The van der Waals surface area contributed by atoms with Crippen LogP contribution in [0.3, 0.4) is 0 Å². The fourth-order valence-corrected chi connectivity index (χ4v) is 2.42. The molecule has 0 aliphatic rings. The van der Waals surface area contributed by atoms with Crippen molar-refractivity contribution in [3.05, 3.63) is 52.6 Å². The standard InChI is InChI=1S/C14H10BrN3O2/c1-20-14(19)9-6-7-12-16-17-13(18(12)8-9)10-4-2-3-5-11(10)15/h2-8H,1H3. The first-order valence-corrected chi connectivity index (χ1v) is 6.68. The molecule has 100 valence electrons. The fourth-order valence-electron chi connectivity index (χ4n) is 1.96. The Hall–Kier alpha value is -2.21. The number of fused-ring (bicyclic) bond motifs is 1. The summed E-state index contributed by atoms with van der Waals surface area (Å²) in [7, 11) is 1.35. The Morgan fingerprint density at radius 1 is 1.20 bits per heavy atom. The number of carbonyl (C=O) groups is 1. The predicted molar refractivity (Wildman–Crippen MR) is 77.5 cm³/mol. The van der Waals surface area contributed by atoms with Gasteiger partial charge in [0.15, 0.2) is 11.5 Å². The minimum atomic E-state index is -0.390. The second-order valence-electron chi connectivity index (χ2n) is 4.14. The third kappa shape index (κ3) is 2.08. The quantitative estimate of drug-likeness (QED) is 0.677. The molecule has 0 bridgehead atoms. The van der Waals surface area contributed by atoms with Crippen LogP contribution in [0.4, 0.5) is 0 Å². The van der Waals surface area contributed by atoms with E-state index in [0.717, 1.165) is 10.0 Å². The maximum absolute atomic E-state index is 11.6. The molecular formula is C14H10BrN3O2. The highest BCUT2D eigenvalue weighted by Crippen LogP contribution is 2.26. The Kier molecular flexibility index (Phi) is 3.23. The van der Waals surface area contributed by atoms with Crippen LogP contribution >= 0.6 is 15.9 Å². The molecule has 2 aromatic heterocycles. The minimum Gasteiger partial charge on any atom is -0.465 e. The topological polar surface area (TPSA) is 56.5 Å². The van der Waals surface area contributed by atoms with Crippen molar-refractivity contribution in [2.75, 3.05) is 7.11 Å². The van der Waals surface area contributed by atoms with E-state index in [-0.39, 0.29) is 0 Å². The molecule has 0 saturated heterocycles. The Morgan fingerprint density at radius 2 is 2.00 bits per heavy atom. The number of hydrogen-bond donors (Lipinski definition) is 0. The van der Waals surface area contributed by atoms with Crippen LogP contribution in [0.15, 0.2) is 47.1 Å². The van der Waals surface area contributed by atoms with Crippen molar-refractivity contribution in [3.8, 4) is 11.4 Å². The highest BCUT2D eigenvalue weighted by Gasteiger charge is 2.13. The van der Waals surface area contributed by atoms with Crippen LogP contribution in [0, 0.1) is 0 Å². The molecular weight excluding hydrogens is 322 g/mol. The number of hydrogen-bond acceptors (Lipinski definition) is 4. The van der Waals surface area contributed by atoms with Crippen LogP contribution in [0.1, 0.15) is 10.4 Å². The van der Waals surface area contributed by atoms with Gasteiger partial charge in [-0.15, -0.1) is 10.2 Å². The van der Waals surface area contributed by atoms with Crippen LogP contribution < -0.4 is 0 Å². The number of benzene rings is 1. The Bertz CT molecular complexity index is 798. The minimum absolute atomic E-state index is 0.390. The lowest BCUT2D eigenvalue weighted by atomic mass is 10.2. The molecule has 0 aliphatic heterocycles. The number of aromatic nitrogens is 3. The smallest absolute Gasteiger partial charge is 0.339 e. The molecule has 0 N–H and O–H groups in total. The lowest BCUT2D eigenvalue weighted by Crippen LogP contribution is -2.03. The molecule has 6 heteroatoms. The number of nitrogens with zero attached hydrogens (tertiary/aromatic N) is 3. The van der Waals surface area contributed by atoms with Gasteiger partial charge in [0.25, 0.3) is 0 Å². The van der Waals surface area contributed by atoms with Gasteiger partial charge in [-0.1, -0.05) is 34.1 Å². The van der Waals surface area contributed by atoms with Crippen molar-refractivity contribution in [1.29, 1.82) is 0 Å². The molecule has 0 fully saturated rings. The first-order valence-electron chi connectivity index (χ1n) is 5.88. The predicted octanol–water partition coefficient (Wildman–Crippen LogP) is 2.95. The highest BCUT2D eigenvalue weighted by molar-refractivity contribution is 9.10. The summed E-state index contributed by atoms with van der Waals surface area (Å²) in [4.78, 5) is 11.6. The molecule has 0 unspecified atom stereocenters. The van der Waals surface area contributed by atoms with Gasteiger partial charge in [-0.3, -0.25) is 4.40 Å². The van der Waals surface area contributed by atoms with E-state index in [4.69, 9.17) is 4.74 Å². The van der Waals surface area contributed by atoms with Crippen LogP contribution in [-0.2, 0) is 4.74 Å². The van der Waals surface area contributed by atoms with E-state index >= 15 is 0 Å². The summed E-state index contributed by atoms with van der Waals surface area (Å²) in [6.45, 7) is 0. The second-order valence-corrected chi connectivity index (χ2v) is 5.00. The molecule has 5 nitrogen and oxygen atoms in total. The van der Waals surface area contributed by atoms with Gasteiger partial charge in [0.2, 0.25) is 0 Å². The number of esters is 1. The number of ether oxygens (including phenoxy) is 1. The van der Waals surface area contributed by atoms with Gasteiger partial charge >= 0.3 is 5.97 Å². The van der Waals surface area contributed by atoms with Crippen molar-refractivity contribution >= 4 is 27.5 Å². The number of methoxy groups -OCH3 is 1. The summed E-state index contributed by atoms with van der Waals surface area (Å²) in [5, 5.41) is 8.29. The number of pyridine rings is 1. The van der Waals surface area contributed by atoms with E-state index in [9.17, 15) is 4.79 Å². The van der Waals surface area contributed by atoms with Crippen LogP contribution in [0.25, 0.3) is 17.0 Å². The van der Waals surface area contributed by atoms with Crippen LogP contribution in [-0.4, -0.2) is 27.7 Å². The molecule has 0 saturated carbocycles. The molecule has 0 spiro atoms. The van der Waals surface area contributed by atoms with Crippen LogP contribution in [0.2, 0.25) is 0 Å². The first-order chi connectivity index (χ1) is 9.70. The molecule has 0 radical (unpaired) electrons. The molecule has 3 rings (SSSR count). The molecule has 20 heavy (non-hydrogen) atoms. The highest BCUT2D eigenvalue weighted by atomic mass is 79.9. The van der Waals surface area contributed by atoms with E-state index in [1.807, 2.05) is 24.3 Å². The number of carbonyl (C=O) groups excluding carboxylic acids is 1. The summed E-state index contributed by atoms with van der Waals surface area (Å²) in [5.74, 6) is 0.275. The number of halogens is 1. The monoisotopic (exact) mass is 331 g/mol. The third-order valence-electron chi connectivity index (χ3n) is 2.94. The zero-order valence-electron chi connectivity index (χ0n) is 10.6. The summed E-state index contributed by atoms with van der Waals surface area (Å²) < 4.78 is 7.41. The number of rotatable bonds is 2. The molecule has 3 aromatic rings. The van der Waals surface area contributed by atoms with Gasteiger partial charge in [-0.2, -0.15) is 0 Å². The van der Waals surface area contributed by atoms with Crippen molar-refractivity contribution in [1.82, 2.24) is 14.6 Å². The molecule has 0 atom stereocenters. The Balaban J connectivity index is 2.22. The average molecular weight is 332 g/mol. The molecule has 0 aliphatic carbocycles. The lowest BCUT2D eigenvalue weighted by molar-refractivity contribution is 0.0600. The lowest BCUT2D eigenvalue weighted by Gasteiger charge is -2.04. The van der Waals surface area contributed by atoms with Crippen molar-refractivity contribution in [2.24, 2.45) is 0 Å². The second kappa shape index (κ2) is 5.05. The summed E-state index contributed by atoms with van der Waals surface area (Å²) in [5.41, 5.74) is 2.03. The molecule has 2 heterocycles. The van der Waals surface area contributed by atoms with Crippen molar-refractivity contribution < 1.29 is 9.53 Å². The van der Waals surface area contributed by atoms with Crippen LogP contribution in [0.5, 0.6) is 0 Å². The van der Waals surface area contributed by atoms with E-state index in [2.05, 4.69) is 26.1 Å². The van der Waals surface area contributed by atoms with E-state index < -0.39 is 5.97 Å². The van der Waals surface area contributed by atoms with E-state index in [1.165, 1.54) is 7.11 Å². The van der Waals surface area contributed by atoms with Gasteiger partial charge in [-0.25, -0.2) is 4.79 Å². The summed E-state index contributed by atoms with van der Waals surface area (Å²) in [6, 6.07) is 11.1. The van der Waals surface area contributed by atoms with Crippen molar-refractivity contribution in [2.45, 2.75) is 0 Å². The van der Waals surface area contributed by atoms with Gasteiger partial charge in [0, 0.05) is 16.2 Å². The summed E-state index contributed by atoms with van der Waals surface area (Å²) >= 11 is 3.49. The first kappa shape index (κ1) is 12.8. The molecule has 1 aromatic carbocycles. The average Bonchev–Trinajstić information content (AvgIpc) is 2.90. The van der Waals surface area contributed by atoms with E-state index in [1.54, 1.807) is 22.7 Å². The van der Waals surface area contributed by atoms with Gasteiger partial charge in [-0.05, 0) is 18.2 Å². The zero-order valence-corrected chi connectivity index (χ0v) is 12.2. The van der Waals surface area contributed by atoms with Gasteiger partial charge in [0.05, 0.1) is 12.7 Å². The molecule has 0 amide bonds. The third-order valence-corrected chi connectivity index (χ3v) is 3.63. The maximum Gasteiger partial charge on any atom is 0.339 e. The maximum atomic E-state index is 11.6. The largest absolute Gasteiger partial charge is 0.465 e. The Morgan fingerprint density at radius 3 is 2.75 bits per heavy atom. The van der Waals surface area contributed by atoms with Crippen molar-refractivity contribution in [3.63, 3.8) is 0 Å². The normalized spacial score (nSPS) is 10.7. The zero-order chi connectivity index (χ0) is 14.1. The SMILES string of the molecule is COC(=O)c1ccc2nnc(-c3ccccc3Br)n2c1. The Labute approximate surface area is 123 Å². The van der Waals surface area contributed by atoms with Gasteiger partial charge in [0.1, 0.15) is 0 Å². The van der Waals surface area contributed by atoms with Gasteiger partial charge < -0.3 is 4.74 Å².